The smallest absolute Gasteiger partial charge is 0.325 e. The third-order valence-corrected chi connectivity index (χ3v) is 4.52. The maximum atomic E-state index is 14.2. The number of nitrogens with zero attached hydrogens (tertiary/aromatic N) is 3. The molecule has 1 unspecified atom stereocenters. The summed E-state index contributed by atoms with van der Waals surface area (Å²) in [6.45, 7) is 1.02. The van der Waals surface area contributed by atoms with Crippen LogP contribution in [0.3, 0.4) is 0 Å². The first-order valence-corrected chi connectivity index (χ1v) is 8.36. The number of aromatic nitrogens is 2. The number of rotatable bonds is 4. The van der Waals surface area contributed by atoms with E-state index in [0.29, 0.717) is 5.56 Å². The molecule has 0 saturated carbocycles. The number of urea groups is 1. The topological polar surface area (TPSA) is 88.3 Å². The highest BCUT2D eigenvalue weighted by molar-refractivity contribution is 6.07. The van der Waals surface area contributed by atoms with Crippen LogP contribution in [0.4, 0.5) is 13.6 Å². The Morgan fingerprint density at radius 1 is 1.11 bits per heavy atom. The van der Waals surface area contributed by atoms with E-state index >= 15 is 0 Å². The summed E-state index contributed by atoms with van der Waals surface area (Å²) >= 11 is 0. The van der Waals surface area contributed by atoms with Gasteiger partial charge in [-0.3, -0.25) is 9.69 Å². The van der Waals surface area contributed by atoms with Crippen LogP contribution < -0.4 is 5.32 Å². The van der Waals surface area contributed by atoms with Crippen molar-refractivity contribution in [2.75, 3.05) is 0 Å². The van der Waals surface area contributed by atoms with Gasteiger partial charge in [-0.05, 0) is 37.3 Å². The summed E-state index contributed by atoms with van der Waals surface area (Å²) in [7, 11) is 0. The highest BCUT2D eigenvalue weighted by Gasteiger charge is 2.50. The lowest BCUT2D eigenvalue weighted by atomic mass is 9.91. The quantitative estimate of drug-likeness (QED) is 0.699. The van der Waals surface area contributed by atoms with Crippen LogP contribution in [0.2, 0.25) is 0 Å². The van der Waals surface area contributed by atoms with E-state index in [1.807, 2.05) is 6.07 Å². The molecule has 1 fully saturated rings. The lowest BCUT2D eigenvalue weighted by Crippen LogP contribution is -2.41. The second-order valence-electron chi connectivity index (χ2n) is 6.44. The molecule has 3 aromatic rings. The van der Waals surface area contributed by atoms with Crippen LogP contribution in [0.1, 0.15) is 18.4 Å². The first kappa shape index (κ1) is 17.8. The van der Waals surface area contributed by atoms with Crippen molar-refractivity contribution in [2.24, 2.45) is 0 Å². The van der Waals surface area contributed by atoms with Gasteiger partial charge in [0, 0.05) is 11.1 Å². The van der Waals surface area contributed by atoms with Crippen molar-refractivity contribution in [2.45, 2.75) is 19.0 Å². The predicted octanol–water partition coefficient (Wildman–Crippen LogP) is 2.98. The van der Waals surface area contributed by atoms with E-state index in [1.54, 1.807) is 24.3 Å². The van der Waals surface area contributed by atoms with Crippen LogP contribution in [-0.4, -0.2) is 27.0 Å². The summed E-state index contributed by atoms with van der Waals surface area (Å²) in [5, 5.41) is 10.2. The standard InChI is InChI=1S/C19H14F2N4O3/c1-19(13-9-12(20)7-8-14(13)21)17(26)25(18(27)22-19)10-15-23-24-16(28-15)11-5-3-2-4-6-11/h2-9H,10H2,1H3,(H,22,27). The van der Waals surface area contributed by atoms with Gasteiger partial charge in [0.1, 0.15) is 23.7 Å². The first-order chi connectivity index (χ1) is 13.4. The average Bonchev–Trinajstić information content (AvgIpc) is 3.24. The number of nitrogens with one attached hydrogen (secondary N) is 1. The molecule has 1 atom stereocenters. The van der Waals surface area contributed by atoms with Gasteiger partial charge < -0.3 is 9.73 Å². The molecule has 9 heteroatoms. The fraction of sp³-hybridized carbons (Fsp3) is 0.158. The fourth-order valence-corrected chi connectivity index (χ4v) is 3.05. The monoisotopic (exact) mass is 384 g/mol. The van der Waals surface area contributed by atoms with Crippen LogP contribution >= 0.6 is 0 Å². The zero-order valence-corrected chi connectivity index (χ0v) is 14.6. The van der Waals surface area contributed by atoms with Gasteiger partial charge >= 0.3 is 6.03 Å². The summed E-state index contributed by atoms with van der Waals surface area (Å²) in [6, 6.07) is 10.9. The Kier molecular flexibility index (Phi) is 4.14. The second-order valence-corrected chi connectivity index (χ2v) is 6.44. The van der Waals surface area contributed by atoms with Gasteiger partial charge in [-0.15, -0.1) is 10.2 Å². The van der Waals surface area contributed by atoms with Crippen LogP contribution in [0.25, 0.3) is 11.5 Å². The summed E-state index contributed by atoms with van der Waals surface area (Å²) in [6.07, 6.45) is 0. The lowest BCUT2D eigenvalue weighted by molar-refractivity contribution is -0.131. The maximum Gasteiger partial charge on any atom is 0.325 e. The Morgan fingerprint density at radius 2 is 1.86 bits per heavy atom. The fourth-order valence-electron chi connectivity index (χ4n) is 3.05. The Hall–Kier alpha value is -3.62. The highest BCUT2D eigenvalue weighted by atomic mass is 19.1. The number of carbonyl (C=O) groups excluding carboxylic acids is 2. The van der Waals surface area contributed by atoms with Crippen LogP contribution in [0.5, 0.6) is 0 Å². The van der Waals surface area contributed by atoms with Gasteiger partial charge in [0.15, 0.2) is 0 Å². The van der Waals surface area contributed by atoms with Crippen molar-refractivity contribution in [3.05, 3.63) is 71.6 Å². The molecule has 7 nitrogen and oxygen atoms in total. The molecule has 1 saturated heterocycles. The minimum atomic E-state index is -1.74. The van der Waals surface area contributed by atoms with Crippen molar-refractivity contribution >= 4 is 11.9 Å². The Labute approximate surface area is 158 Å². The lowest BCUT2D eigenvalue weighted by Gasteiger charge is -2.22. The van der Waals surface area contributed by atoms with Gasteiger partial charge in [-0.1, -0.05) is 18.2 Å². The van der Waals surface area contributed by atoms with E-state index in [-0.39, 0.29) is 23.9 Å². The molecule has 0 aliphatic carbocycles. The summed E-state index contributed by atoms with van der Waals surface area (Å²) in [5.74, 6) is -2.00. The zero-order chi connectivity index (χ0) is 19.9. The molecular weight excluding hydrogens is 370 g/mol. The van der Waals surface area contributed by atoms with Gasteiger partial charge in [0.2, 0.25) is 11.8 Å². The first-order valence-electron chi connectivity index (χ1n) is 8.36. The van der Waals surface area contributed by atoms with Crippen molar-refractivity contribution in [3.8, 4) is 11.5 Å². The van der Waals surface area contributed by atoms with Crippen LogP contribution in [0.15, 0.2) is 52.9 Å². The molecule has 1 N–H and O–H groups in total. The molecule has 142 valence electrons. The van der Waals surface area contributed by atoms with Gasteiger partial charge in [0.25, 0.3) is 5.91 Å². The third kappa shape index (κ3) is 2.90. The normalized spacial score (nSPS) is 19.2. The van der Waals surface area contributed by atoms with Crippen LogP contribution in [-0.2, 0) is 16.9 Å². The molecule has 3 amide bonds. The molecule has 0 spiro atoms. The van der Waals surface area contributed by atoms with E-state index < -0.39 is 29.1 Å². The summed E-state index contributed by atoms with van der Waals surface area (Å²) in [5.41, 5.74) is -1.32. The average molecular weight is 384 g/mol. The van der Waals surface area contributed by atoms with Crippen molar-refractivity contribution in [3.63, 3.8) is 0 Å². The summed E-state index contributed by atoms with van der Waals surface area (Å²) in [4.78, 5) is 26.0. The molecule has 2 aromatic carbocycles. The molecule has 0 bridgehead atoms. The largest absolute Gasteiger partial charge is 0.419 e. The van der Waals surface area contributed by atoms with E-state index in [9.17, 15) is 18.4 Å². The Bertz CT molecular complexity index is 1070. The van der Waals surface area contributed by atoms with Gasteiger partial charge in [-0.2, -0.15) is 0 Å². The molecule has 2 heterocycles. The molecule has 4 rings (SSSR count). The van der Waals surface area contributed by atoms with Gasteiger partial charge in [0.05, 0.1) is 0 Å². The maximum absolute atomic E-state index is 14.2. The number of halogens is 2. The summed E-state index contributed by atoms with van der Waals surface area (Å²) < 4.78 is 33.3. The van der Waals surface area contributed by atoms with Crippen molar-refractivity contribution < 1.29 is 22.8 Å². The van der Waals surface area contributed by atoms with E-state index in [0.717, 1.165) is 23.1 Å². The molecule has 1 aliphatic heterocycles. The number of hydrogen-bond donors (Lipinski definition) is 1. The van der Waals surface area contributed by atoms with Gasteiger partial charge in [-0.25, -0.2) is 13.6 Å². The minimum absolute atomic E-state index is 0.0336. The number of benzene rings is 2. The Balaban J connectivity index is 1.60. The minimum Gasteiger partial charge on any atom is -0.419 e. The molecule has 1 aromatic heterocycles. The predicted molar refractivity (Wildman–Crippen MR) is 92.5 cm³/mol. The van der Waals surface area contributed by atoms with E-state index in [4.69, 9.17) is 4.42 Å². The molecule has 1 aliphatic rings. The number of imide groups is 1. The zero-order valence-electron chi connectivity index (χ0n) is 14.6. The Morgan fingerprint density at radius 3 is 2.61 bits per heavy atom. The van der Waals surface area contributed by atoms with Crippen molar-refractivity contribution in [1.29, 1.82) is 0 Å². The molecule has 28 heavy (non-hydrogen) atoms. The van der Waals surface area contributed by atoms with Crippen molar-refractivity contribution in [1.82, 2.24) is 20.4 Å². The van der Waals surface area contributed by atoms with Crippen LogP contribution in [0, 0.1) is 11.6 Å². The van der Waals surface area contributed by atoms with E-state index in [2.05, 4.69) is 15.5 Å². The number of amides is 3. The SMILES string of the molecule is CC1(c2cc(F)ccc2F)NC(=O)N(Cc2nnc(-c3ccccc3)o2)C1=O. The second kappa shape index (κ2) is 6.52. The number of hydrogen-bond acceptors (Lipinski definition) is 5. The molecule has 0 radical (unpaired) electrons. The highest BCUT2D eigenvalue weighted by Crippen LogP contribution is 2.32. The molecular formula is C19H14F2N4O3. The van der Waals surface area contributed by atoms with E-state index in [1.165, 1.54) is 6.92 Å². The number of carbonyl (C=O) groups is 2. The third-order valence-electron chi connectivity index (χ3n) is 4.52.